The van der Waals surface area contributed by atoms with Gasteiger partial charge in [-0.15, -0.1) is 0 Å². The van der Waals surface area contributed by atoms with Crippen molar-refractivity contribution in [1.82, 2.24) is 9.80 Å². The number of amides is 1. The van der Waals surface area contributed by atoms with Gasteiger partial charge in [0.25, 0.3) is 5.91 Å². The van der Waals surface area contributed by atoms with Crippen LogP contribution in [0.4, 0.5) is 4.39 Å². The molecule has 2 rings (SSSR count). The Balaban J connectivity index is 2.05. The van der Waals surface area contributed by atoms with Gasteiger partial charge in [0.05, 0.1) is 12.2 Å². The number of halogens is 1. The zero-order valence-electron chi connectivity index (χ0n) is 11.3. The Morgan fingerprint density at radius 2 is 2.05 bits per heavy atom. The van der Waals surface area contributed by atoms with Crippen LogP contribution in [0.5, 0.6) is 5.75 Å². The minimum absolute atomic E-state index is 0.0154. The molecule has 0 atom stereocenters. The number of phenolic OH excluding ortho intramolecular Hbond substituents is 1. The quantitative estimate of drug-likeness (QED) is 0.855. The highest BCUT2D eigenvalue weighted by Crippen LogP contribution is 2.17. The maximum Gasteiger partial charge on any atom is 0.256 e. The van der Waals surface area contributed by atoms with E-state index in [0.29, 0.717) is 26.2 Å². The number of hydrogen-bond donors (Lipinski definition) is 2. The molecule has 1 aromatic carbocycles. The summed E-state index contributed by atoms with van der Waals surface area (Å²) < 4.78 is 13.7. The highest BCUT2D eigenvalue weighted by Gasteiger charge is 2.22. The first kappa shape index (κ1) is 14.7. The number of aromatic hydroxyl groups is 1. The summed E-state index contributed by atoms with van der Waals surface area (Å²) in [6, 6.07) is 3.57. The third-order valence-electron chi connectivity index (χ3n) is 3.48. The maximum absolute atomic E-state index is 13.7. The number of phenols is 1. The molecule has 1 aromatic rings. The molecule has 110 valence electrons. The van der Waals surface area contributed by atoms with E-state index in [0.717, 1.165) is 19.0 Å². The number of rotatable bonds is 3. The molecule has 1 fully saturated rings. The van der Waals surface area contributed by atoms with Crippen LogP contribution in [-0.4, -0.2) is 65.3 Å². The van der Waals surface area contributed by atoms with Crippen LogP contribution < -0.4 is 0 Å². The van der Waals surface area contributed by atoms with Gasteiger partial charge in [-0.3, -0.25) is 9.69 Å². The Morgan fingerprint density at radius 1 is 1.25 bits per heavy atom. The van der Waals surface area contributed by atoms with Crippen LogP contribution in [0, 0.1) is 5.82 Å². The number of hydrogen-bond acceptors (Lipinski definition) is 4. The third-order valence-corrected chi connectivity index (χ3v) is 3.48. The second-order valence-corrected chi connectivity index (χ2v) is 4.88. The normalized spacial score (nSPS) is 17.0. The van der Waals surface area contributed by atoms with Crippen molar-refractivity contribution in [3.8, 4) is 5.75 Å². The molecule has 0 radical (unpaired) electrons. The van der Waals surface area contributed by atoms with E-state index in [1.165, 1.54) is 12.1 Å². The average Bonchev–Trinajstić information content (AvgIpc) is 2.64. The van der Waals surface area contributed by atoms with Crippen LogP contribution in [0.3, 0.4) is 0 Å². The van der Waals surface area contributed by atoms with Gasteiger partial charge in [0.1, 0.15) is 11.6 Å². The highest BCUT2D eigenvalue weighted by molar-refractivity contribution is 5.94. The number of nitrogens with zero attached hydrogens (tertiary/aromatic N) is 2. The summed E-state index contributed by atoms with van der Waals surface area (Å²) in [6.07, 6.45) is 0.797. The van der Waals surface area contributed by atoms with Crippen LogP contribution in [0.1, 0.15) is 16.8 Å². The van der Waals surface area contributed by atoms with Gasteiger partial charge in [-0.05, 0) is 25.1 Å². The highest BCUT2D eigenvalue weighted by atomic mass is 19.1. The molecule has 0 saturated carbocycles. The number of β-amino-alcohol motifs (C(OH)–C–C–N with tert-alkyl or cyclic N) is 1. The van der Waals surface area contributed by atoms with E-state index < -0.39 is 5.82 Å². The largest absolute Gasteiger partial charge is 0.508 e. The molecule has 0 spiro atoms. The van der Waals surface area contributed by atoms with Gasteiger partial charge in [0, 0.05) is 32.2 Å². The van der Waals surface area contributed by atoms with Crippen molar-refractivity contribution in [2.24, 2.45) is 0 Å². The van der Waals surface area contributed by atoms with E-state index in [9.17, 15) is 14.3 Å². The predicted molar refractivity (Wildman–Crippen MR) is 72.1 cm³/mol. The van der Waals surface area contributed by atoms with Gasteiger partial charge in [-0.25, -0.2) is 4.39 Å². The Labute approximate surface area is 117 Å². The summed E-state index contributed by atoms with van der Waals surface area (Å²) in [5.74, 6) is -1.25. The van der Waals surface area contributed by atoms with Gasteiger partial charge < -0.3 is 15.1 Å². The summed E-state index contributed by atoms with van der Waals surface area (Å²) in [5.41, 5.74) is -0.0154. The summed E-state index contributed by atoms with van der Waals surface area (Å²) in [5, 5.41) is 18.1. The zero-order chi connectivity index (χ0) is 14.5. The van der Waals surface area contributed by atoms with E-state index in [4.69, 9.17) is 5.11 Å². The first-order chi connectivity index (χ1) is 9.61. The first-order valence-corrected chi connectivity index (χ1v) is 6.73. The van der Waals surface area contributed by atoms with Crippen molar-refractivity contribution >= 4 is 5.91 Å². The van der Waals surface area contributed by atoms with Crippen LogP contribution >= 0.6 is 0 Å². The lowest BCUT2D eigenvalue weighted by Gasteiger charge is -2.21. The molecule has 0 bridgehead atoms. The first-order valence-electron chi connectivity index (χ1n) is 6.73. The van der Waals surface area contributed by atoms with Crippen molar-refractivity contribution in [3.63, 3.8) is 0 Å². The fourth-order valence-corrected chi connectivity index (χ4v) is 2.39. The lowest BCUT2D eigenvalue weighted by Crippen LogP contribution is -2.36. The molecule has 2 N–H and O–H groups in total. The maximum atomic E-state index is 13.7. The molecule has 6 heteroatoms. The topological polar surface area (TPSA) is 64.0 Å². The molecule has 0 unspecified atom stereocenters. The smallest absolute Gasteiger partial charge is 0.256 e. The lowest BCUT2D eigenvalue weighted by molar-refractivity contribution is 0.0756. The minimum Gasteiger partial charge on any atom is -0.508 e. The molecule has 1 aliphatic heterocycles. The summed E-state index contributed by atoms with van der Waals surface area (Å²) in [7, 11) is 0. The zero-order valence-corrected chi connectivity index (χ0v) is 11.3. The molecule has 1 aliphatic rings. The molecular formula is C14H19FN2O3. The second kappa shape index (κ2) is 6.67. The van der Waals surface area contributed by atoms with E-state index in [-0.39, 0.29) is 23.8 Å². The second-order valence-electron chi connectivity index (χ2n) is 4.88. The summed E-state index contributed by atoms with van der Waals surface area (Å²) >= 11 is 0. The predicted octanol–water partition coefficient (Wildman–Crippen LogP) is 0.671. The summed E-state index contributed by atoms with van der Waals surface area (Å²) in [6.45, 7) is 3.27. The fraction of sp³-hybridized carbons (Fsp3) is 0.500. The van der Waals surface area contributed by atoms with Crippen molar-refractivity contribution in [2.75, 3.05) is 39.3 Å². The molecule has 1 amide bonds. The van der Waals surface area contributed by atoms with Gasteiger partial charge in [0.2, 0.25) is 0 Å². The number of aliphatic hydroxyl groups is 1. The third kappa shape index (κ3) is 3.46. The van der Waals surface area contributed by atoms with Gasteiger partial charge >= 0.3 is 0 Å². The number of aliphatic hydroxyl groups excluding tert-OH is 1. The van der Waals surface area contributed by atoms with Crippen molar-refractivity contribution < 1.29 is 19.4 Å². The number of benzene rings is 1. The Kier molecular flexibility index (Phi) is 4.92. The van der Waals surface area contributed by atoms with E-state index in [1.807, 2.05) is 0 Å². The standard InChI is InChI=1S/C14H19FN2O3/c15-13-10-11(19)2-3-12(13)14(20)17-5-1-4-16(6-7-17)8-9-18/h2-3,10,18-19H,1,4-9H2. The summed E-state index contributed by atoms with van der Waals surface area (Å²) in [4.78, 5) is 16.0. The van der Waals surface area contributed by atoms with Gasteiger partial charge in [-0.2, -0.15) is 0 Å². The van der Waals surface area contributed by atoms with Crippen LogP contribution in [0.15, 0.2) is 18.2 Å². The van der Waals surface area contributed by atoms with E-state index >= 15 is 0 Å². The fourth-order valence-electron chi connectivity index (χ4n) is 2.39. The number of carbonyl (C=O) groups is 1. The Morgan fingerprint density at radius 3 is 2.75 bits per heavy atom. The lowest BCUT2D eigenvalue weighted by atomic mass is 10.1. The van der Waals surface area contributed by atoms with Crippen LogP contribution in [0.2, 0.25) is 0 Å². The molecule has 0 aliphatic carbocycles. The molecule has 0 aromatic heterocycles. The molecule has 1 saturated heterocycles. The Bertz CT molecular complexity index is 481. The molecule has 20 heavy (non-hydrogen) atoms. The average molecular weight is 282 g/mol. The minimum atomic E-state index is -0.702. The molecule has 5 nitrogen and oxygen atoms in total. The van der Waals surface area contributed by atoms with Crippen LogP contribution in [-0.2, 0) is 0 Å². The molecular weight excluding hydrogens is 263 g/mol. The van der Waals surface area contributed by atoms with Gasteiger partial charge in [-0.1, -0.05) is 0 Å². The van der Waals surface area contributed by atoms with Gasteiger partial charge in [0.15, 0.2) is 0 Å². The van der Waals surface area contributed by atoms with Crippen molar-refractivity contribution in [1.29, 1.82) is 0 Å². The SMILES string of the molecule is O=C(c1ccc(O)cc1F)N1CCCN(CCO)CC1. The monoisotopic (exact) mass is 282 g/mol. The number of carbonyl (C=O) groups excluding carboxylic acids is 1. The van der Waals surface area contributed by atoms with Crippen molar-refractivity contribution in [2.45, 2.75) is 6.42 Å². The van der Waals surface area contributed by atoms with Crippen molar-refractivity contribution in [3.05, 3.63) is 29.6 Å². The molecule has 1 heterocycles. The van der Waals surface area contributed by atoms with Crippen LogP contribution in [0.25, 0.3) is 0 Å². The van der Waals surface area contributed by atoms with E-state index in [2.05, 4.69) is 4.90 Å². The Hall–Kier alpha value is -1.66. The van der Waals surface area contributed by atoms with E-state index in [1.54, 1.807) is 4.90 Å².